The molecule has 2 aromatic carbocycles. The van der Waals surface area contributed by atoms with E-state index in [-0.39, 0.29) is 29.8 Å². The van der Waals surface area contributed by atoms with Crippen LogP contribution in [0.2, 0.25) is 0 Å². The van der Waals surface area contributed by atoms with E-state index in [0.29, 0.717) is 11.3 Å². The number of hydrogen-bond donors (Lipinski definition) is 3. The standard InChI is InChI=1S/C23H22N2O2S.ClH/c1-12-9-19(26)20(21-16-10-28-11-17(16)23(27)25-22(12)21)14-7-5-13(6-8-14)15-3-2-4-18(15)24;/h5-11,15,18,26H,2-4,24H2,1H3,(H,25,27);1H/t15-,18-;/m0./s1. The summed E-state index contributed by atoms with van der Waals surface area (Å²) in [6, 6.07) is 10.3. The van der Waals surface area contributed by atoms with Crippen LogP contribution >= 0.6 is 23.7 Å². The van der Waals surface area contributed by atoms with E-state index in [1.165, 1.54) is 23.3 Å². The lowest BCUT2D eigenvalue weighted by atomic mass is 9.90. The smallest absolute Gasteiger partial charge is 0.257 e. The third-order valence-electron chi connectivity index (χ3n) is 6.12. The zero-order chi connectivity index (χ0) is 19.4. The number of pyridine rings is 1. The summed E-state index contributed by atoms with van der Waals surface area (Å²) >= 11 is 1.50. The lowest BCUT2D eigenvalue weighted by Crippen LogP contribution is -2.22. The first-order chi connectivity index (χ1) is 13.5. The summed E-state index contributed by atoms with van der Waals surface area (Å²) in [6.07, 6.45) is 3.40. The molecule has 0 radical (unpaired) electrons. The number of phenols is 1. The number of thiophene rings is 1. The Morgan fingerprint density at radius 2 is 1.86 bits per heavy atom. The maximum atomic E-state index is 12.4. The molecule has 2 atom stereocenters. The van der Waals surface area contributed by atoms with E-state index in [1.807, 2.05) is 17.7 Å². The van der Waals surface area contributed by atoms with E-state index in [2.05, 4.69) is 29.2 Å². The summed E-state index contributed by atoms with van der Waals surface area (Å²) in [5.74, 6) is 0.646. The van der Waals surface area contributed by atoms with E-state index in [9.17, 15) is 9.90 Å². The molecular weight excluding hydrogens is 404 g/mol. The van der Waals surface area contributed by atoms with E-state index in [1.54, 1.807) is 6.07 Å². The Labute approximate surface area is 178 Å². The van der Waals surface area contributed by atoms with Crippen LogP contribution in [0, 0.1) is 6.92 Å². The number of nitrogens with one attached hydrogen (secondary N) is 1. The number of nitrogens with two attached hydrogens (primary N) is 1. The molecule has 0 aliphatic heterocycles. The topological polar surface area (TPSA) is 79.1 Å². The Bertz CT molecular complexity index is 1260. The fourth-order valence-corrected chi connectivity index (χ4v) is 5.49. The number of aromatic nitrogens is 1. The Balaban J connectivity index is 0.00000205. The van der Waals surface area contributed by atoms with Gasteiger partial charge in [0, 0.05) is 27.8 Å². The Hall–Kier alpha value is -2.34. The Kier molecular flexibility index (Phi) is 5.15. The number of H-pyrrole nitrogens is 1. The van der Waals surface area contributed by atoms with Crippen molar-refractivity contribution in [1.82, 2.24) is 4.98 Å². The van der Waals surface area contributed by atoms with Crippen LogP contribution in [0.5, 0.6) is 5.75 Å². The van der Waals surface area contributed by atoms with E-state index < -0.39 is 0 Å². The van der Waals surface area contributed by atoms with Gasteiger partial charge in [0.2, 0.25) is 0 Å². The second kappa shape index (κ2) is 7.48. The van der Waals surface area contributed by atoms with Crippen LogP contribution in [0.1, 0.15) is 36.3 Å². The highest BCUT2D eigenvalue weighted by Gasteiger charge is 2.25. The molecule has 1 aliphatic rings. The number of phenolic OH excluding ortho intramolecular Hbond substituents is 1. The van der Waals surface area contributed by atoms with Crippen LogP contribution in [0.4, 0.5) is 0 Å². The van der Waals surface area contributed by atoms with Gasteiger partial charge < -0.3 is 15.8 Å². The van der Waals surface area contributed by atoms with Crippen LogP contribution in [-0.4, -0.2) is 16.1 Å². The molecule has 150 valence electrons. The molecule has 2 heterocycles. The predicted octanol–water partition coefficient (Wildman–Crippen LogP) is 5.44. The summed E-state index contributed by atoms with van der Waals surface area (Å²) in [5, 5.41) is 17.1. The van der Waals surface area contributed by atoms with Crippen molar-refractivity contribution in [3.8, 4) is 16.9 Å². The summed E-state index contributed by atoms with van der Waals surface area (Å²) in [7, 11) is 0. The minimum atomic E-state index is -0.0888. The maximum Gasteiger partial charge on any atom is 0.257 e. The highest BCUT2D eigenvalue weighted by molar-refractivity contribution is 7.09. The first-order valence-electron chi connectivity index (χ1n) is 9.65. The van der Waals surface area contributed by atoms with Gasteiger partial charge in [0.1, 0.15) is 5.75 Å². The molecule has 0 unspecified atom stereocenters. The molecule has 1 fully saturated rings. The number of aromatic hydroxyl groups is 1. The van der Waals surface area contributed by atoms with Gasteiger partial charge in [-0.15, -0.1) is 12.4 Å². The van der Waals surface area contributed by atoms with Gasteiger partial charge in [-0.05, 0) is 53.8 Å². The first kappa shape index (κ1) is 20.0. The number of hydrogen-bond acceptors (Lipinski definition) is 4. The van der Waals surface area contributed by atoms with Crippen LogP contribution in [0.3, 0.4) is 0 Å². The average Bonchev–Trinajstić information content (AvgIpc) is 3.33. The van der Waals surface area contributed by atoms with Gasteiger partial charge in [0.15, 0.2) is 0 Å². The summed E-state index contributed by atoms with van der Waals surface area (Å²) in [4.78, 5) is 15.4. The number of rotatable bonds is 2. The van der Waals surface area contributed by atoms with E-state index in [0.717, 1.165) is 45.8 Å². The molecule has 5 rings (SSSR count). The van der Waals surface area contributed by atoms with E-state index in [4.69, 9.17) is 5.73 Å². The van der Waals surface area contributed by atoms with Crippen LogP contribution < -0.4 is 11.3 Å². The van der Waals surface area contributed by atoms with Crippen molar-refractivity contribution in [2.45, 2.75) is 38.1 Å². The van der Waals surface area contributed by atoms with Crippen molar-refractivity contribution in [2.75, 3.05) is 0 Å². The minimum Gasteiger partial charge on any atom is -0.507 e. The molecular formula is C23H23ClN2O2S. The van der Waals surface area contributed by atoms with Crippen molar-refractivity contribution in [2.24, 2.45) is 5.73 Å². The molecule has 0 amide bonds. The highest BCUT2D eigenvalue weighted by atomic mass is 35.5. The zero-order valence-corrected chi connectivity index (χ0v) is 17.7. The molecule has 6 heteroatoms. The second-order valence-corrected chi connectivity index (χ2v) is 8.56. The van der Waals surface area contributed by atoms with Gasteiger partial charge >= 0.3 is 0 Å². The SMILES string of the molecule is Cc1cc(O)c(-c2ccc([C@@H]3CCC[C@@H]3N)cc2)c2c1[nH]c(=O)c1cscc12.Cl. The van der Waals surface area contributed by atoms with Gasteiger partial charge in [-0.1, -0.05) is 30.7 Å². The lowest BCUT2D eigenvalue weighted by molar-refractivity contribution is 0.477. The normalized spacial score (nSPS) is 19.0. The molecule has 1 aliphatic carbocycles. The molecule has 4 N–H and O–H groups in total. The summed E-state index contributed by atoms with van der Waals surface area (Å²) in [5.41, 5.74) is 10.8. The van der Waals surface area contributed by atoms with Crippen molar-refractivity contribution in [3.05, 3.63) is 62.6 Å². The van der Waals surface area contributed by atoms with Crippen LogP contribution in [-0.2, 0) is 0 Å². The number of aryl methyl sites for hydroxylation is 1. The third kappa shape index (κ3) is 3.14. The molecule has 0 bridgehead atoms. The quantitative estimate of drug-likeness (QED) is 0.399. The maximum absolute atomic E-state index is 12.4. The van der Waals surface area contributed by atoms with Gasteiger partial charge in [0.05, 0.1) is 10.9 Å². The molecule has 4 aromatic rings. The average molecular weight is 427 g/mol. The fourth-order valence-electron chi connectivity index (χ4n) is 4.67. The first-order valence-corrected chi connectivity index (χ1v) is 10.6. The lowest BCUT2D eigenvalue weighted by Gasteiger charge is -2.17. The van der Waals surface area contributed by atoms with E-state index >= 15 is 0 Å². The van der Waals surface area contributed by atoms with Gasteiger partial charge in [-0.25, -0.2) is 0 Å². The molecule has 4 nitrogen and oxygen atoms in total. The second-order valence-electron chi connectivity index (χ2n) is 7.81. The highest BCUT2D eigenvalue weighted by Crippen LogP contribution is 2.42. The largest absolute Gasteiger partial charge is 0.507 e. The molecule has 1 saturated carbocycles. The molecule has 0 spiro atoms. The predicted molar refractivity (Wildman–Crippen MR) is 124 cm³/mol. The van der Waals surface area contributed by atoms with Crippen molar-refractivity contribution in [1.29, 1.82) is 0 Å². The van der Waals surface area contributed by atoms with Gasteiger partial charge in [0.25, 0.3) is 5.56 Å². The third-order valence-corrected chi connectivity index (χ3v) is 6.86. The van der Waals surface area contributed by atoms with Gasteiger partial charge in [-0.2, -0.15) is 11.3 Å². The number of benzene rings is 2. The van der Waals surface area contributed by atoms with Crippen LogP contribution in [0.25, 0.3) is 32.8 Å². The molecule has 0 saturated heterocycles. The summed E-state index contributed by atoms with van der Waals surface area (Å²) < 4.78 is 0. The summed E-state index contributed by atoms with van der Waals surface area (Å²) in [6.45, 7) is 1.91. The van der Waals surface area contributed by atoms with Crippen molar-refractivity contribution < 1.29 is 5.11 Å². The fraction of sp³-hybridized carbons (Fsp3) is 0.261. The molecule has 29 heavy (non-hydrogen) atoms. The number of halogens is 1. The zero-order valence-electron chi connectivity index (χ0n) is 16.1. The number of aromatic amines is 1. The monoisotopic (exact) mass is 426 g/mol. The van der Waals surface area contributed by atoms with Crippen molar-refractivity contribution >= 4 is 45.4 Å². The van der Waals surface area contributed by atoms with Gasteiger partial charge in [-0.3, -0.25) is 4.79 Å². The van der Waals surface area contributed by atoms with Crippen LogP contribution in [0.15, 0.2) is 45.9 Å². The number of fused-ring (bicyclic) bond motifs is 3. The Morgan fingerprint density at radius 3 is 2.55 bits per heavy atom. The van der Waals surface area contributed by atoms with Crippen molar-refractivity contribution in [3.63, 3.8) is 0 Å². The Morgan fingerprint density at radius 1 is 1.14 bits per heavy atom. The minimum absolute atomic E-state index is 0. The molecule has 2 aromatic heterocycles.